The fourth-order valence-corrected chi connectivity index (χ4v) is 3.55. The van der Waals surface area contributed by atoms with Crippen LogP contribution in [-0.4, -0.2) is 64.0 Å². The van der Waals surface area contributed by atoms with Crippen LogP contribution < -0.4 is 9.64 Å². The van der Waals surface area contributed by atoms with Gasteiger partial charge in [0.2, 0.25) is 5.82 Å². The molecule has 162 valence electrons. The molecule has 9 heteroatoms. The van der Waals surface area contributed by atoms with Crippen LogP contribution in [0, 0.1) is 5.82 Å². The lowest BCUT2D eigenvalue weighted by Crippen LogP contribution is -2.49. The second-order valence-electron chi connectivity index (χ2n) is 7.33. The van der Waals surface area contributed by atoms with E-state index in [-0.39, 0.29) is 24.1 Å². The van der Waals surface area contributed by atoms with Gasteiger partial charge in [-0.15, -0.1) is 5.10 Å². The standard InChI is InChI=1S/C22H24FN5O3/c1-31-19-8-2-16(3-9-19)20(29)14-28-15-24-21(25-28)22(30)27-12-10-26(11-13-27)18-6-4-17(23)5-7-18/h2-9,15,20,29H,10-14H2,1H3/t20-/m0/s1. The van der Waals surface area contributed by atoms with Gasteiger partial charge in [0.05, 0.1) is 19.8 Å². The van der Waals surface area contributed by atoms with Crippen molar-refractivity contribution in [2.24, 2.45) is 0 Å². The molecule has 1 fully saturated rings. The Balaban J connectivity index is 1.33. The van der Waals surface area contributed by atoms with Crippen LogP contribution in [0.4, 0.5) is 10.1 Å². The van der Waals surface area contributed by atoms with Crippen LogP contribution in [0.5, 0.6) is 5.75 Å². The summed E-state index contributed by atoms with van der Waals surface area (Å²) in [4.78, 5) is 20.7. The van der Waals surface area contributed by atoms with E-state index in [4.69, 9.17) is 4.74 Å². The minimum Gasteiger partial charge on any atom is -0.497 e. The first-order chi connectivity index (χ1) is 15.0. The highest BCUT2D eigenvalue weighted by atomic mass is 19.1. The van der Waals surface area contributed by atoms with E-state index in [9.17, 15) is 14.3 Å². The molecule has 4 rings (SSSR count). The average molecular weight is 425 g/mol. The van der Waals surface area contributed by atoms with Crippen molar-refractivity contribution in [3.8, 4) is 5.75 Å². The van der Waals surface area contributed by atoms with Crippen molar-refractivity contribution in [3.63, 3.8) is 0 Å². The van der Waals surface area contributed by atoms with Gasteiger partial charge in [0.1, 0.15) is 17.9 Å². The molecule has 0 unspecified atom stereocenters. The van der Waals surface area contributed by atoms with Crippen LogP contribution in [0.25, 0.3) is 0 Å². The van der Waals surface area contributed by atoms with Crippen LogP contribution >= 0.6 is 0 Å². The summed E-state index contributed by atoms with van der Waals surface area (Å²) < 4.78 is 19.7. The number of benzene rings is 2. The summed E-state index contributed by atoms with van der Waals surface area (Å²) >= 11 is 0. The van der Waals surface area contributed by atoms with E-state index in [1.165, 1.54) is 23.1 Å². The van der Waals surface area contributed by atoms with Crippen molar-refractivity contribution >= 4 is 11.6 Å². The van der Waals surface area contributed by atoms with Crippen molar-refractivity contribution in [3.05, 3.63) is 72.1 Å². The molecule has 2 aromatic carbocycles. The van der Waals surface area contributed by atoms with Gasteiger partial charge in [-0.2, -0.15) is 0 Å². The Morgan fingerprint density at radius 3 is 2.42 bits per heavy atom. The monoisotopic (exact) mass is 425 g/mol. The summed E-state index contributed by atoms with van der Waals surface area (Å²) in [6.07, 6.45) is 0.671. The number of aromatic nitrogens is 3. The molecule has 0 bridgehead atoms. The SMILES string of the molecule is COc1ccc([C@@H](O)Cn2cnc(C(=O)N3CCN(c4ccc(F)cc4)CC3)n2)cc1. The molecule has 1 aliphatic rings. The van der Waals surface area contributed by atoms with Crippen molar-refractivity contribution in [1.82, 2.24) is 19.7 Å². The van der Waals surface area contributed by atoms with Crippen molar-refractivity contribution < 1.29 is 19.0 Å². The molecule has 3 aromatic rings. The van der Waals surface area contributed by atoms with Gasteiger partial charge >= 0.3 is 0 Å². The molecule has 2 heterocycles. The van der Waals surface area contributed by atoms with E-state index in [1.807, 2.05) is 0 Å². The van der Waals surface area contributed by atoms with E-state index in [0.29, 0.717) is 31.9 Å². The Morgan fingerprint density at radius 2 is 1.77 bits per heavy atom. The van der Waals surface area contributed by atoms with E-state index in [0.717, 1.165) is 11.3 Å². The van der Waals surface area contributed by atoms with Crippen LogP contribution in [-0.2, 0) is 6.54 Å². The van der Waals surface area contributed by atoms with Gasteiger partial charge in [-0.25, -0.2) is 14.1 Å². The number of hydrogen-bond donors (Lipinski definition) is 1. The highest BCUT2D eigenvalue weighted by Crippen LogP contribution is 2.20. The van der Waals surface area contributed by atoms with Crippen LogP contribution in [0.1, 0.15) is 22.3 Å². The molecule has 8 nitrogen and oxygen atoms in total. The number of aliphatic hydroxyl groups is 1. The fraction of sp³-hybridized carbons (Fsp3) is 0.318. The molecule has 0 radical (unpaired) electrons. The minimum atomic E-state index is -0.783. The number of carbonyl (C=O) groups is 1. The van der Waals surface area contributed by atoms with Gasteiger partial charge in [-0.05, 0) is 42.0 Å². The smallest absolute Gasteiger partial charge is 0.293 e. The van der Waals surface area contributed by atoms with Gasteiger partial charge in [-0.1, -0.05) is 12.1 Å². The third-order valence-corrected chi connectivity index (χ3v) is 5.35. The molecule has 0 aliphatic carbocycles. The number of anilines is 1. The zero-order valence-corrected chi connectivity index (χ0v) is 17.2. The lowest BCUT2D eigenvalue weighted by molar-refractivity contribution is 0.0733. The number of piperazine rings is 1. The number of hydrogen-bond acceptors (Lipinski definition) is 6. The number of amides is 1. The van der Waals surface area contributed by atoms with Gasteiger partial charge in [0.15, 0.2) is 0 Å². The highest BCUT2D eigenvalue weighted by molar-refractivity contribution is 5.90. The first-order valence-corrected chi connectivity index (χ1v) is 10.0. The summed E-state index contributed by atoms with van der Waals surface area (Å²) in [5.41, 5.74) is 1.66. The number of methoxy groups -OCH3 is 1. The zero-order valence-electron chi connectivity index (χ0n) is 17.2. The Morgan fingerprint density at radius 1 is 1.10 bits per heavy atom. The molecule has 1 saturated heterocycles. The first-order valence-electron chi connectivity index (χ1n) is 10.0. The summed E-state index contributed by atoms with van der Waals surface area (Å²) in [6.45, 7) is 2.53. The van der Waals surface area contributed by atoms with E-state index in [2.05, 4.69) is 15.0 Å². The Hall–Kier alpha value is -3.46. The van der Waals surface area contributed by atoms with Crippen LogP contribution in [0.15, 0.2) is 54.9 Å². The van der Waals surface area contributed by atoms with Crippen LogP contribution in [0.2, 0.25) is 0 Å². The predicted octanol–water partition coefficient (Wildman–Crippen LogP) is 2.12. The zero-order chi connectivity index (χ0) is 21.8. The Kier molecular flexibility index (Phi) is 6.13. The van der Waals surface area contributed by atoms with Crippen LogP contribution in [0.3, 0.4) is 0 Å². The number of ether oxygens (including phenoxy) is 1. The minimum absolute atomic E-state index is 0.108. The average Bonchev–Trinajstić information content (AvgIpc) is 3.27. The maximum absolute atomic E-state index is 13.1. The van der Waals surface area contributed by atoms with E-state index >= 15 is 0 Å². The molecule has 1 aliphatic heterocycles. The van der Waals surface area contributed by atoms with Gasteiger partial charge in [0.25, 0.3) is 5.91 Å². The second kappa shape index (κ2) is 9.13. The number of aliphatic hydroxyl groups excluding tert-OH is 1. The molecule has 1 amide bonds. The number of rotatable bonds is 6. The molecule has 31 heavy (non-hydrogen) atoms. The van der Waals surface area contributed by atoms with Crippen molar-refractivity contribution in [2.75, 3.05) is 38.2 Å². The van der Waals surface area contributed by atoms with Gasteiger partial charge in [0, 0.05) is 31.9 Å². The number of nitrogens with zero attached hydrogens (tertiary/aromatic N) is 5. The Bertz CT molecular complexity index is 1010. The molecule has 1 aromatic heterocycles. The van der Waals surface area contributed by atoms with E-state index < -0.39 is 6.10 Å². The molecule has 1 atom stereocenters. The summed E-state index contributed by atoms with van der Waals surface area (Å²) in [6, 6.07) is 13.5. The molecule has 1 N–H and O–H groups in total. The fourth-order valence-electron chi connectivity index (χ4n) is 3.55. The Labute approximate surface area is 179 Å². The molecule has 0 saturated carbocycles. The van der Waals surface area contributed by atoms with Crippen molar-refractivity contribution in [1.29, 1.82) is 0 Å². The lowest BCUT2D eigenvalue weighted by atomic mass is 10.1. The maximum Gasteiger partial charge on any atom is 0.293 e. The topological polar surface area (TPSA) is 83.7 Å². The third-order valence-electron chi connectivity index (χ3n) is 5.35. The second-order valence-corrected chi connectivity index (χ2v) is 7.33. The first kappa shape index (κ1) is 20.8. The maximum atomic E-state index is 13.1. The van der Waals surface area contributed by atoms with Crippen molar-refractivity contribution in [2.45, 2.75) is 12.6 Å². The van der Waals surface area contributed by atoms with Gasteiger partial charge in [-0.3, -0.25) is 4.79 Å². The lowest BCUT2D eigenvalue weighted by Gasteiger charge is -2.35. The number of carbonyl (C=O) groups excluding carboxylic acids is 1. The largest absolute Gasteiger partial charge is 0.497 e. The van der Waals surface area contributed by atoms with Gasteiger partial charge < -0.3 is 19.6 Å². The highest BCUT2D eigenvalue weighted by Gasteiger charge is 2.25. The summed E-state index contributed by atoms with van der Waals surface area (Å²) in [7, 11) is 1.59. The van der Waals surface area contributed by atoms with E-state index in [1.54, 1.807) is 48.4 Å². The normalized spacial score (nSPS) is 15.1. The molecular formula is C22H24FN5O3. The quantitative estimate of drug-likeness (QED) is 0.651. The molecule has 0 spiro atoms. The number of halogens is 1. The summed E-state index contributed by atoms with van der Waals surface area (Å²) in [5, 5.41) is 14.7. The summed E-state index contributed by atoms with van der Waals surface area (Å²) in [5.74, 6) is 0.314. The third kappa shape index (κ3) is 4.83. The molecular weight excluding hydrogens is 401 g/mol. The predicted molar refractivity (Wildman–Crippen MR) is 112 cm³/mol.